The average Bonchev–Trinajstić information content (AvgIpc) is 3.20. The Kier molecular flexibility index (Phi) is 7.97. The van der Waals surface area contributed by atoms with Crippen molar-refractivity contribution in [1.82, 2.24) is 9.27 Å². The molecule has 1 saturated heterocycles. The standard InChI is InChI=1S/C24H35N5O3S/c1-16(2)14-19(25)21(30)27-22-18(15-26-33-22)17-8-6-7-9-20(17)28-10-12-29(13-11-28)23(31)32-24(3,4)5/h6-9,15-16,19H,10-14,25H2,1-5H3,(H,27,30)/t19-/m0/s1. The van der Waals surface area contributed by atoms with E-state index in [9.17, 15) is 9.59 Å². The Labute approximate surface area is 200 Å². The number of carbonyl (C=O) groups excluding carboxylic acids is 2. The molecule has 1 aliphatic heterocycles. The fourth-order valence-electron chi connectivity index (χ4n) is 3.77. The van der Waals surface area contributed by atoms with Gasteiger partial charge in [0.15, 0.2) is 0 Å². The van der Waals surface area contributed by atoms with Gasteiger partial charge < -0.3 is 25.6 Å². The molecule has 1 aromatic carbocycles. The van der Waals surface area contributed by atoms with E-state index in [1.165, 1.54) is 11.5 Å². The van der Waals surface area contributed by atoms with Gasteiger partial charge in [0.2, 0.25) is 5.91 Å². The number of piperazine rings is 1. The Balaban J connectivity index is 1.73. The predicted molar refractivity (Wildman–Crippen MR) is 134 cm³/mol. The maximum Gasteiger partial charge on any atom is 0.410 e. The molecule has 33 heavy (non-hydrogen) atoms. The summed E-state index contributed by atoms with van der Waals surface area (Å²) >= 11 is 1.25. The zero-order valence-electron chi connectivity index (χ0n) is 20.1. The van der Waals surface area contributed by atoms with Crippen molar-refractivity contribution < 1.29 is 14.3 Å². The molecule has 180 valence electrons. The summed E-state index contributed by atoms with van der Waals surface area (Å²) in [6, 6.07) is 7.50. The number of hydrogen-bond donors (Lipinski definition) is 2. The van der Waals surface area contributed by atoms with Crippen molar-refractivity contribution in [2.45, 2.75) is 52.7 Å². The number of aromatic nitrogens is 1. The monoisotopic (exact) mass is 473 g/mol. The van der Waals surface area contributed by atoms with Gasteiger partial charge in [0, 0.05) is 43.0 Å². The Morgan fingerprint density at radius 3 is 2.45 bits per heavy atom. The molecule has 0 saturated carbocycles. The molecule has 0 bridgehead atoms. The number of ether oxygens (including phenoxy) is 1. The number of nitrogens with one attached hydrogen (secondary N) is 1. The van der Waals surface area contributed by atoms with Gasteiger partial charge in [-0.2, -0.15) is 4.37 Å². The summed E-state index contributed by atoms with van der Waals surface area (Å²) < 4.78 is 9.83. The number of para-hydroxylation sites is 1. The smallest absolute Gasteiger partial charge is 0.410 e. The van der Waals surface area contributed by atoms with E-state index in [1.807, 2.05) is 52.8 Å². The molecule has 2 amide bonds. The first-order valence-corrected chi connectivity index (χ1v) is 12.2. The van der Waals surface area contributed by atoms with Crippen LogP contribution in [0.4, 0.5) is 15.5 Å². The number of nitrogens with zero attached hydrogens (tertiary/aromatic N) is 3. The van der Waals surface area contributed by atoms with Gasteiger partial charge >= 0.3 is 6.09 Å². The third-order valence-electron chi connectivity index (χ3n) is 5.34. The highest BCUT2D eigenvalue weighted by atomic mass is 32.1. The van der Waals surface area contributed by atoms with Crippen LogP contribution in [0, 0.1) is 5.92 Å². The lowest BCUT2D eigenvalue weighted by Gasteiger charge is -2.37. The molecule has 1 aliphatic rings. The van der Waals surface area contributed by atoms with Crippen LogP contribution in [0.2, 0.25) is 0 Å². The summed E-state index contributed by atoms with van der Waals surface area (Å²) in [6.45, 7) is 12.3. The molecule has 3 rings (SSSR count). The van der Waals surface area contributed by atoms with Crippen LogP contribution in [0.3, 0.4) is 0 Å². The van der Waals surface area contributed by atoms with Crippen molar-refractivity contribution in [2.24, 2.45) is 11.7 Å². The summed E-state index contributed by atoms with van der Waals surface area (Å²) in [5.74, 6) is 0.143. The van der Waals surface area contributed by atoms with Crippen LogP contribution in [0.1, 0.15) is 41.0 Å². The van der Waals surface area contributed by atoms with Crippen molar-refractivity contribution >= 4 is 34.2 Å². The Morgan fingerprint density at radius 2 is 1.82 bits per heavy atom. The maximum atomic E-state index is 12.6. The summed E-state index contributed by atoms with van der Waals surface area (Å²) in [7, 11) is 0. The molecule has 1 fully saturated rings. The molecule has 1 atom stereocenters. The van der Waals surface area contributed by atoms with Gasteiger partial charge in [-0.05, 0) is 50.7 Å². The van der Waals surface area contributed by atoms with E-state index in [1.54, 1.807) is 11.1 Å². The fraction of sp³-hybridized carbons (Fsp3) is 0.542. The number of hydrogen-bond acceptors (Lipinski definition) is 7. The molecular formula is C24H35N5O3S. The third kappa shape index (κ3) is 6.68. The van der Waals surface area contributed by atoms with Gasteiger partial charge in [0.25, 0.3) is 0 Å². The van der Waals surface area contributed by atoms with E-state index >= 15 is 0 Å². The SMILES string of the molecule is CC(C)C[C@H](N)C(=O)Nc1sncc1-c1ccccc1N1CCN(C(=O)OC(C)(C)C)CC1. The quantitative estimate of drug-likeness (QED) is 0.653. The van der Waals surface area contributed by atoms with Crippen LogP contribution < -0.4 is 16.0 Å². The van der Waals surface area contributed by atoms with Crippen molar-refractivity contribution in [2.75, 3.05) is 36.4 Å². The molecule has 1 aromatic heterocycles. The Morgan fingerprint density at radius 1 is 1.15 bits per heavy atom. The normalized spacial score (nSPS) is 15.5. The molecule has 0 radical (unpaired) electrons. The fourth-order valence-corrected chi connectivity index (χ4v) is 4.45. The van der Waals surface area contributed by atoms with Crippen LogP contribution >= 0.6 is 11.5 Å². The minimum Gasteiger partial charge on any atom is -0.444 e. The lowest BCUT2D eigenvalue weighted by molar-refractivity contribution is -0.117. The first kappa shape index (κ1) is 25.0. The molecule has 0 aliphatic carbocycles. The predicted octanol–water partition coefficient (Wildman–Crippen LogP) is 4.18. The van der Waals surface area contributed by atoms with Gasteiger partial charge in [0.05, 0.1) is 12.2 Å². The maximum absolute atomic E-state index is 12.6. The number of anilines is 2. The number of amides is 2. The molecule has 3 N–H and O–H groups in total. The number of carbonyl (C=O) groups is 2. The first-order chi connectivity index (χ1) is 15.5. The van der Waals surface area contributed by atoms with Crippen LogP contribution in [0.15, 0.2) is 30.5 Å². The van der Waals surface area contributed by atoms with Crippen molar-refractivity contribution in [3.8, 4) is 11.1 Å². The van der Waals surface area contributed by atoms with Gasteiger partial charge in [-0.1, -0.05) is 32.0 Å². The highest BCUT2D eigenvalue weighted by Gasteiger charge is 2.27. The van der Waals surface area contributed by atoms with E-state index < -0.39 is 11.6 Å². The second-order valence-corrected chi connectivity index (χ2v) is 10.6. The molecule has 8 nitrogen and oxygen atoms in total. The minimum atomic E-state index is -0.559. The molecule has 2 aromatic rings. The third-order valence-corrected chi connectivity index (χ3v) is 6.05. The zero-order chi connectivity index (χ0) is 24.2. The summed E-state index contributed by atoms with van der Waals surface area (Å²) in [5.41, 5.74) is 8.46. The van der Waals surface area contributed by atoms with Gasteiger partial charge in [-0.25, -0.2) is 4.79 Å². The molecule has 9 heteroatoms. The average molecular weight is 474 g/mol. The van der Waals surface area contributed by atoms with Crippen molar-refractivity contribution in [3.63, 3.8) is 0 Å². The molecule has 0 spiro atoms. The molecule has 2 heterocycles. The van der Waals surface area contributed by atoms with E-state index in [0.717, 1.165) is 16.8 Å². The summed E-state index contributed by atoms with van der Waals surface area (Å²) in [5, 5.41) is 3.67. The minimum absolute atomic E-state index is 0.197. The molecule has 0 unspecified atom stereocenters. The highest BCUT2D eigenvalue weighted by Crippen LogP contribution is 2.38. The number of benzene rings is 1. The summed E-state index contributed by atoms with van der Waals surface area (Å²) in [6.07, 6.45) is 2.13. The highest BCUT2D eigenvalue weighted by molar-refractivity contribution is 7.11. The topological polar surface area (TPSA) is 101 Å². The Hall–Kier alpha value is -2.65. The lowest BCUT2D eigenvalue weighted by Crippen LogP contribution is -2.50. The second kappa shape index (κ2) is 10.5. The van der Waals surface area contributed by atoms with E-state index in [4.69, 9.17) is 10.5 Å². The van der Waals surface area contributed by atoms with Gasteiger partial charge in [0.1, 0.15) is 10.6 Å². The number of rotatable bonds is 6. The first-order valence-electron chi connectivity index (χ1n) is 11.4. The Bertz CT molecular complexity index is 961. The number of nitrogens with two attached hydrogens (primary N) is 1. The van der Waals surface area contributed by atoms with Gasteiger partial charge in [-0.15, -0.1) is 0 Å². The van der Waals surface area contributed by atoms with Crippen LogP contribution in [0.5, 0.6) is 0 Å². The van der Waals surface area contributed by atoms with Crippen molar-refractivity contribution in [1.29, 1.82) is 0 Å². The van der Waals surface area contributed by atoms with Crippen molar-refractivity contribution in [3.05, 3.63) is 30.5 Å². The van der Waals surface area contributed by atoms with E-state index in [-0.39, 0.29) is 12.0 Å². The second-order valence-electron chi connectivity index (χ2n) is 9.77. The zero-order valence-corrected chi connectivity index (χ0v) is 20.9. The van der Waals surface area contributed by atoms with Gasteiger partial charge in [-0.3, -0.25) is 4.79 Å². The lowest BCUT2D eigenvalue weighted by atomic mass is 10.0. The largest absolute Gasteiger partial charge is 0.444 e. The van der Waals surface area contributed by atoms with Crippen LogP contribution in [-0.2, 0) is 9.53 Å². The van der Waals surface area contributed by atoms with E-state index in [2.05, 4.69) is 20.7 Å². The van der Waals surface area contributed by atoms with E-state index in [0.29, 0.717) is 43.5 Å². The van der Waals surface area contributed by atoms with Crippen LogP contribution in [-0.4, -0.2) is 59.1 Å². The molecular weight excluding hydrogens is 438 g/mol. The summed E-state index contributed by atoms with van der Waals surface area (Å²) in [4.78, 5) is 29.0. The van der Waals surface area contributed by atoms with Crippen LogP contribution in [0.25, 0.3) is 11.1 Å².